The summed E-state index contributed by atoms with van der Waals surface area (Å²) in [4.78, 5) is 24.7. The van der Waals surface area contributed by atoms with Crippen molar-refractivity contribution in [3.63, 3.8) is 0 Å². The van der Waals surface area contributed by atoms with E-state index in [1.165, 1.54) is 22.4 Å². The van der Waals surface area contributed by atoms with Crippen LogP contribution in [0.2, 0.25) is 0 Å². The van der Waals surface area contributed by atoms with Gasteiger partial charge in [-0.05, 0) is 42.7 Å². The van der Waals surface area contributed by atoms with E-state index in [0.717, 1.165) is 18.5 Å². The first-order chi connectivity index (χ1) is 14.7. The molecule has 31 heavy (non-hydrogen) atoms. The summed E-state index contributed by atoms with van der Waals surface area (Å²) in [5.41, 5.74) is 2.22. The molecule has 3 rings (SSSR count). The van der Waals surface area contributed by atoms with Crippen LogP contribution >= 0.6 is 0 Å². The maximum absolute atomic E-state index is 13.3. The van der Waals surface area contributed by atoms with Gasteiger partial charge in [-0.15, -0.1) is 0 Å². The Bertz CT molecular complexity index is 1040. The third kappa shape index (κ3) is 6.01. The third-order valence-electron chi connectivity index (χ3n) is 4.77. The maximum Gasteiger partial charge on any atom is 0.314 e. The lowest BCUT2D eigenvalue weighted by molar-refractivity contribution is -0.136. The lowest BCUT2D eigenvalue weighted by atomic mass is 9.92. The van der Waals surface area contributed by atoms with Crippen molar-refractivity contribution >= 4 is 17.6 Å². The molecule has 1 aromatic heterocycles. The predicted molar refractivity (Wildman–Crippen MR) is 119 cm³/mol. The molecule has 0 saturated heterocycles. The van der Waals surface area contributed by atoms with Crippen molar-refractivity contribution < 1.29 is 14.0 Å². The first-order valence-electron chi connectivity index (χ1n) is 10.2. The number of amides is 2. The van der Waals surface area contributed by atoms with Gasteiger partial charge in [0.15, 0.2) is 0 Å². The molecule has 2 N–H and O–H groups in total. The van der Waals surface area contributed by atoms with Gasteiger partial charge >= 0.3 is 11.8 Å². The molecule has 2 amide bonds. The molecule has 7 heteroatoms. The van der Waals surface area contributed by atoms with Gasteiger partial charge in [-0.3, -0.25) is 9.59 Å². The number of benzene rings is 2. The SMILES string of the molecule is CC(C)(C)c1cc(NC(=O)C(=O)NCCCc2ccccc2)n(-c2ccc(F)cc2)n1. The number of carbonyl (C=O) groups is 2. The van der Waals surface area contributed by atoms with E-state index in [1.807, 2.05) is 51.1 Å². The van der Waals surface area contributed by atoms with Gasteiger partial charge < -0.3 is 10.6 Å². The summed E-state index contributed by atoms with van der Waals surface area (Å²) in [6.07, 6.45) is 1.54. The number of hydrogen-bond donors (Lipinski definition) is 2. The second kappa shape index (κ2) is 9.55. The van der Waals surface area contributed by atoms with Crippen LogP contribution in [0.1, 0.15) is 38.4 Å². The molecule has 1 heterocycles. The molecule has 0 aliphatic carbocycles. The van der Waals surface area contributed by atoms with E-state index in [0.29, 0.717) is 18.1 Å². The normalized spacial score (nSPS) is 11.2. The lowest BCUT2D eigenvalue weighted by Crippen LogP contribution is -2.36. The summed E-state index contributed by atoms with van der Waals surface area (Å²) in [5.74, 6) is -1.51. The fraction of sp³-hybridized carbons (Fsp3) is 0.292. The zero-order valence-corrected chi connectivity index (χ0v) is 18.0. The minimum atomic E-state index is -0.775. The topological polar surface area (TPSA) is 76.0 Å². The van der Waals surface area contributed by atoms with Crippen LogP contribution in [-0.4, -0.2) is 28.1 Å². The Morgan fingerprint density at radius 1 is 1.00 bits per heavy atom. The number of rotatable bonds is 6. The van der Waals surface area contributed by atoms with Gasteiger partial charge in [-0.25, -0.2) is 9.07 Å². The largest absolute Gasteiger partial charge is 0.348 e. The van der Waals surface area contributed by atoms with Crippen molar-refractivity contribution in [2.75, 3.05) is 11.9 Å². The van der Waals surface area contributed by atoms with Crippen LogP contribution in [0.25, 0.3) is 5.69 Å². The molecular weight excluding hydrogens is 395 g/mol. The van der Waals surface area contributed by atoms with Crippen LogP contribution < -0.4 is 10.6 Å². The number of halogens is 1. The van der Waals surface area contributed by atoms with Crippen LogP contribution in [-0.2, 0) is 21.4 Å². The first kappa shape index (κ1) is 22.2. The first-order valence-corrected chi connectivity index (χ1v) is 10.2. The predicted octanol–water partition coefficient (Wildman–Crippen LogP) is 4.00. The molecule has 0 spiro atoms. The maximum atomic E-state index is 13.3. The molecule has 0 unspecified atom stereocenters. The zero-order valence-electron chi connectivity index (χ0n) is 18.0. The van der Waals surface area contributed by atoms with Gasteiger partial charge in [-0.1, -0.05) is 51.1 Å². The second-order valence-corrected chi connectivity index (χ2v) is 8.35. The van der Waals surface area contributed by atoms with Crippen molar-refractivity contribution in [3.05, 3.63) is 77.7 Å². The minimum Gasteiger partial charge on any atom is -0.348 e. The van der Waals surface area contributed by atoms with Crippen molar-refractivity contribution in [2.45, 2.75) is 39.0 Å². The molecule has 0 aliphatic rings. The standard InChI is InChI=1S/C24H27FN4O2/c1-24(2,3)20-16-21(29(28-20)19-13-11-18(25)12-14-19)27-23(31)22(30)26-15-7-10-17-8-5-4-6-9-17/h4-6,8-9,11-14,16H,7,10,15H2,1-3H3,(H,26,30)(H,27,31). The van der Waals surface area contributed by atoms with Crippen LogP contribution in [0.15, 0.2) is 60.7 Å². The summed E-state index contributed by atoms with van der Waals surface area (Å²) in [5, 5.41) is 9.83. The smallest absolute Gasteiger partial charge is 0.314 e. The molecule has 162 valence electrons. The van der Waals surface area contributed by atoms with Gasteiger partial charge in [0.25, 0.3) is 0 Å². The van der Waals surface area contributed by atoms with Crippen molar-refractivity contribution in [2.24, 2.45) is 0 Å². The number of carbonyl (C=O) groups excluding carboxylic acids is 2. The Kier molecular flexibility index (Phi) is 6.84. The highest BCUT2D eigenvalue weighted by Crippen LogP contribution is 2.26. The summed E-state index contributed by atoms with van der Waals surface area (Å²) in [7, 11) is 0. The van der Waals surface area contributed by atoms with E-state index in [1.54, 1.807) is 18.2 Å². The summed E-state index contributed by atoms with van der Waals surface area (Å²) in [6, 6.07) is 17.4. The number of nitrogens with one attached hydrogen (secondary N) is 2. The number of anilines is 1. The highest BCUT2D eigenvalue weighted by molar-refractivity contribution is 6.39. The quantitative estimate of drug-likeness (QED) is 0.466. The monoisotopic (exact) mass is 422 g/mol. The van der Waals surface area contributed by atoms with E-state index >= 15 is 0 Å². The van der Waals surface area contributed by atoms with Crippen molar-refractivity contribution in [3.8, 4) is 5.69 Å². The molecule has 0 atom stereocenters. The molecule has 2 aromatic carbocycles. The van der Waals surface area contributed by atoms with Gasteiger partial charge in [0.1, 0.15) is 11.6 Å². The van der Waals surface area contributed by atoms with Gasteiger partial charge in [-0.2, -0.15) is 5.10 Å². The Balaban J connectivity index is 1.65. The molecular formula is C24H27FN4O2. The molecule has 0 bridgehead atoms. The minimum absolute atomic E-state index is 0.273. The van der Waals surface area contributed by atoms with Crippen LogP contribution in [0.4, 0.5) is 10.2 Å². The van der Waals surface area contributed by atoms with Gasteiger partial charge in [0, 0.05) is 18.0 Å². The third-order valence-corrected chi connectivity index (χ3v) is 4.77. The number of nitrogens with zero attached hydrogens (tertiary/aromatic N) is 2. The average Bonchev–Trinajstić information content (AvgIpc) is 3.16. The lowest BCUT2D eigenvalue weighted by Gasteiger charge is -2.14. The average molecular weight is 423 g/mol. The molecule has 6 nitrogen and oxygen atoms in total. The second-order valence-electron chi connectivity index (χ2n) is 8.35. The summed E-state index contributed by atoms with van der Waals surface area (Å²) in [6.45, 7) is 6.38. The summed E-state index contributed by atoms with van der Waals surface area (Å²) < 4.78 is 14.8. The van der Waals surface area contributed by atoms with E-state index in [-0.39, 0.29) is 11.2 Å². The molecule has 0 aliphatic heterocycles. The van der Waals surface area contributed by atoms with Crippen LogP contribution in [0.5, 0.6) is 0 Å². The van der Waals surface area contributed by atoms with E-state index in [9.17, 15) is 14.0 Å². The molecule has 0 radical (unpaired) electrons. The number of hydrogen-bond acceptors (Lipinski definition) is 3. The zero-order chi connectivity index (χ0) is 22.4. The van der Waals surface area contributed by atoms with E-state index in [2.05, 4.69) is 15.7 Å². The molecule has 0 fully saturated rings. The fourth-order valence-electron chi connectivity index (χ4n) is 3.01. The van der Waals surface area contributed by atoms with Crippen molar-refractivity contribution in [1.29, 1.82) is 0 Å². The Morgan fingerprint density at radius 2 is 1.68 bits per heavy atom. The van der Waals surface area contributed by atoms with Gasteiger partial charge in [0.2, 0.25) is 0 Å². The van der Waals surface area contributed by atoms with Crippen molar-refractivity contribution in [1.82, 2.24) is 15.1 Å². The molecule has 0 saturated carbocycles. The van der Waals surface area contributed by atoms with Crippen LogP contribution in [0, 0.1) is 5.82 Å². The Morgan fingerprint density at radius 3 is 2.32 bits per heavy atom. The Labute approximate surface area is 181 Å². The van der Waals surface area contributed by atoms with E-state index < -0.39 is 11.8 Å². The highest BCUT2D eigenvalue weighted by atomic mass is 19.1. The summed E-state index contributed by atoms with van der Waals surface area (Å²) >= 11 is 0. The van der Waals surface area contributed by atoms with Gasteiger partial charge in [0.05, 0.1) is 11.4 Å². The van der Waals surface area contributed by atoms with E-state index in [4.69, 9.17) is 0 Å². The molecule has 3 aromatic rings. The Hall–Kier alpha value is -3.48. The number of aromatic nitrogens is 2. The number of aryl methyl sites for hydroxylation is 1. The fourth-order valence-corrected chi connectivity index (χ4v) is 3.01. The van der Waals surface area contributed by atoms with Crippen LogP contribution in [0.3, 0.4) is 0 Å². The highest BCUT2D eigenvalue weighted by Gasteiger charge is 2.23.